The van der Waals surface area contributed by atoms with Gasteiger partial charge in [0.2, 0.25) is 5.91 Å². The van der Waals surface area contributed by atoms with Gasteiger partial charge in [-0.05, 0) is 38.5 Å². The van der Waals surface area contributed by atoms with Gasteiger partial charge in [-0.25, -0.2) is 0 Å². The molecular weight excluding hydrogens is 526 g/mol. The predicted octanol–water partition coefficient (Wildman–Crippen LogP) is 8.06. The lowest BCUT2D eigenvalue weighted by Crippen LogP contribution is -2.53. The number of nitrogens with one attached hydrogen (secondary N) is 1. The van der Waals surface area contributed by atoms with Crippen LogP contribution in [0.3, 0.4) is 0 Å². The van der Waals surface area contributed by atoms with Crippen molar-refractivity contribution in [3.8, 4) is 0 Å². The first-order valence-electron chi connectivity index (χ1n) is 17.7. The molecule has 0 aliphatic carbocycles. The third-order valence-corrected chi connectivity index (χ3v) is 8.19. The number of rotatable bonds is 31. The van der Waals surface area contributed by atoms with E-state index in [0.717, 1.165) is 44.9 Å². The van der Waals surface area contributed by atoms with Crippen LogP contribution < -0.4 is 5.32 Å². The summed E-state index contributed by atoms with van der Waals surface area (Å²) in [5.41, 5.74) is 0. The highest BCUT2D eigenvalue weighted by Gasteiger charge is 2.28. The summed E-state index contributed by atoms with van der Waals surface area (Å²) in [7, 11) is 0. The van der Waals surface area contributed by atoms with Gasteiger partial charge in [0.05, 0.1) is 18.8 Å². The maximum atomic E-state index is 12.4. The number of allylic oxidation sites excluding steroid dienone is 4. The number of unbranched alkanes of at least 4 members (excludes halogenated alkanes) is 19. The molecule has 0 aromatic carbocycles. The van der Waals surface area contributed by atoms with Crippen molar-refractivity contribution in [2.24, 2.45) is 0 Å². The Kier molecular flexibility index (Phi) is 30.3. The molecule has 0 aromatic heterocycles. The summed E-state index contributed by atoms with van der Waals surface area (Å²) >= 11 is 0. The number of hydrogen-bond donors (Lipinski definition) is 5. The van der Waals surface area contributed by atoms with Gasteiger partial charge in [0.15, 0.2) is 0 Å². The largest absolute Gasteiger partial charge is 0.394 e. The van der Waals surface area contributed by atoms with Crippen molar-refractivity contribution in [2.45, 2.75) is 192 Å². The Morgan fingerprint density at radius 1 is 0.595 bits per heavy atom. The van der Waals surface area contributed by atoms with Crippen LogP contribution >= 0.6 is 0 Å². The molecule has 0 heterocycles. The van der Waals surface area contributed by atoms with Crippen LogP contribution in [0.25, 0.3) is 0 Å². The molecule has 0 aliphatic rings. The van der Waals surface area contributed by atoms with Gasteiger partial charge in [0.25, 0.3) is 0 Å². The minimum absolute atomic E-state index is 0.363. The molecule has 0 radical (unpaired) electrons. The van der Waals surface area contributed by atoms with Crippen molar-refractivity contribution in [1.29, 1.82) is 0 Å². The second-order valence-corrected chi connectivity index (χ2v) is 12.2. The van der Waals surface area contributed by atoms with Gasteiger partial charge in [-0.2, -0.15) is 0 Å². The van der Waals surface area contributed by atoms with Crippen molar-refractivity contribution in [3.05, 3.63) is 24.3 Å². The van der Waals surface area contributed by atoms with Gasteiger partial charge in [-0.15, -0.1) is 0 Å². The molecule has 0 spiro atoms. The monoisotopic (exact) mass is 596 g/mol. The Hall–Kier alpha value is -1.21. The molecule has 248 valence electrons. The van der Waals surface area contributed by atoms with Crippen LogP contribution in [-0.4, -0.2) is 57.3 Å². The molecule has 0 fully saturated rings. The molecule has 0 bridgehead atoms. The summed E-state index contributed by atoms with van der Waals surface area (Å²) in [6, 6.07) is -0.982. The second-order valence-electron chi connectivity index (χ2n) is 12.2. The molecular formula is C36H69NO5. The summed E-state index contributed by atoms with van der Waals surface area (Å²) in [4.78, 5) is 12.4. The van der Waals surface area contributed by atoms with Crippen LogP contribution in [0.4, 0.5) is 0 Å². The molecule has 42 heavy (non-hydrogen) atoms. The Balaban J connectivity index is 3.80. The smallest absolute Gasteiger partial charge is 0.249 e. The summed E-state index contributed by atoms with van der Waals surface area (Å²) in [5.74, 6) is -0.592. The fourth-order valence-corrected chi connectivity index (χ4v) is 5.27. The van der Waals surface area contributed by atoms with E-state index in [2.05, 4.69) is 43.5 Å². The first-order valence-corrected chi connectivity index (χ1v) is 17.7. The van der Waals surface area contributed by atoms with Gasteiger partial charge in [-0.1, -0.05) is 154 Å². The molecule has 6 heteroatoms. The predicted molar refractivity (Wildman–Crippen MR) is 177 cm³/mol. The SMILES string of the molecule is CCCCC/C=C\C=C/CCCCCCCCCCCC(O)C(=O)NC(CO)C(O)C(O)CCCCCCCCCC. The summed E-state index contributed by atoms with van der Waals surface area (Å²) < 4.78 is 0. The van der Waals surface area contributed by atoms with E-state index in [0.29, 0.717) is 12.8 Å². The Labute approximate surface area is 259 Å². The zero-order valence-corrected chi connectivity index (χ0v) is 27.5. The van der Waals surface area contributed by atoms with Crippen LogP contribution in [0.1, 0.15) is 168 Å². The fraction of sp³-hybridized carbons (Fsp3) is 0.861. The maximum absolute atomic E-state index is 12.4. The second kappa shape index (κ2) is 31.2. The van der Waals surface area contributed by atoms with Crippen LogP contribution in [-0.2, 0) is 4.79 Å². The van der Waals surface area contributed by atoms with Crippen molar-refractivity contribution in [2.75, 3.05) is 6.61 Å². The van der Waals surface area contributed by atoms with Gasteiger partial charge in [0.1, 0.15) is 12.2 Å². The van der Waals surface area contributed by atoms with E-state index in [1.54, 1.807) is 0 Å². The van der Waals surface area contributed by atoms with E-state index in [1.165, 1.54) is 96.3 Å². The zero-order valence-electron chi connectivity index (χ0n) is 27.5. The van der Waals surface area contributed by atoms with Crippen LogP contribution in [0.5, 0.6) is 0 Å². The average Bonchev–Trinajstić information content (AvgIpc) is 2.99. The van der Waals surface area contributed by atoms with Crippen molar-refractivity contribution in [3.63, 3.8) is 0 Å². The fourth-order valence-electron chi connectivity index (χ4n) is 5.27. The van der Waals surface area contributed by atoms with Crippen molar-refractivity contribution >= 4 is 5.91 Å². The number of carbonyl (C=O) groups excluding carboxylic acids is 1. The number of carbonyl (C=O) groups is 1. The van der Waals surface area contributed by atoms with E-state index < -0.39 is 36.9 Å². The number of hydrogen-bond acceptors (Lipinski definition) is 5. The Bertz CT molecular complexity index is 638. The summed E-state index contributed by atoms with van der Waals surface area (Å²) in [6.07, 6.45) is 32.0. The highest BCUT2D eigenvalue weighted by atomic mass is 16.3. The normalized spacial score (nSPS) is 14.9. The van der Waals surface area contributed by atoms with Crippen molar-refractivity contribution < 1.29 is 25.2 Å². The minimum atomic E-state index is -1.26. The van der Waals surface area contributed by atoms with Crippen LogP contribution in [0.2, 0.25) is 0 Å². The topological polar surface area (TPSA) is 110 Å². The van der Waals surface area contributed by atoms with Gasteiger partial charge < -0.3 is 25.7 Å². The van der Waals surface area contributed by atoms with Crippen molar-refractivity contribution in [1.82, 2.24) is 5.32 Å². The minimum Gasteiger partial charge on any atom is -0.394 e. The van der Waals surface area contributed by atoms with E-state index in [4.69, 9.17) is 0 Å². The summed E-state index contributed by atoms with van der Waals surface area (Å²) in [6.45, 7) is 3.95. The molecule has 4 atom stereocenters. The number of aliphatic hydroxyl groups is 4. The molecule has 0 rings (SSSR count). The van der Waals surface area contributed by atoms with E-state index in [1.807, 2.05) is 0 Å². The third-order valence-electron chi connectivity index (χ3n) is 8.19. The number of aliphatic hydroxyl groups excluding tert-OH is 4. The lowest BCUT2D eigenvalue weighted by atomic mass is 9.99. The molecule has 0 aliphatic heterocycles. The quantitative estimate of drug-likeness (QED) is 0.0411. The first-order chi connectivity index (χ1) is 20.5. The highest BCUT2D eigenvalue weighted by Crippen LogP contribution is 2.15. The van der Waals surface area contributed by atoms with Gasteiger partial charge in [0, 0.05) is 0 Å². The molecule has 4 unspecified atom stereocenters. The third kappa shape index (κ3) is 25.3. The van der Waals surface area contributed by atoms with E-state index in [9.17, 15) is 25.2 Å². The maximum Gasteiger partial charge on any atom is 0.249 e. The number of amides is 1. The molecule has 5 N–H and O–H groups in total. The average molecular weight is 596 g/mol. The Morgan fingerprint density at radius 3 is 1.50 bits per heavy atom. The molecule has 0 aromatic rings. The molecule has 0 saturated carbocycles. The first kappa shape index (κ1) is 40.8. The lowest BCUT2D eigenvalue weighted by Gasteiger charge is -2.27. The van der Waals surface area contributed by atoms with Gasteiger partial charge in [-0.3, -0.25) is 4.79 Å². The van der Waals surface area contributed by atoms with Crippen LogP contribution in [0.15, 0.2) is 24.3 Å². The molecule has 0 saturated heterocycles. The summed E-state index contributed by atoms with van der Waals surface area (Å²) in [5, 5.41) is 43.2. The van der Waals surface area contributed by atoms with E-state index in [-0.39, 0.29) is 0 Å². The Morgan fingerprint density at radius 2 is 1.00 bits per heavy atom. The molecule has 6 nitrogen and oxygen atoms in total. The zero-order chi connectivity index (χ0) is 31.1. The van der Waals surface area contributed by atoms with Crippen LogP contribution in [0, 0.1) is 0 Å². The standard InChI is InChI=1S/C36H69NO5/c1-3-5-7-9-11-13-14-15-16-17-18-19-20-21-22-24-26-28-30-34(40)36(42)37-32(31-38)35(41)33(39)29-27-25-23-12-10-8-6-4-2/h11,13-15,32-35,38-41H,3-10,12,16-31H2,1-2H3,(H,37,42)/b13-11-,15-14-. The lowest BCUT2D eigenvalue weighted by molar-refractivity contribution is -0.132. The van der Waals surface area contributed by atoms with E-state index >= 15 is 0 Å². The molecule has 1 amide bonds. The van der Waals surface area contributed by atoms with Gasteiger partial charge >= 0.3 is 0 Å². The highest BCUT2D eigenvalue weighted by molar-refractivity contribution is 5.80.